The lowest BCUT2D eigenvalue weighted by molar-refractivity contribution is -0.137. The summed E-state index contributed by atoms with van der Waals surface area (Å²) in [5.41, 5.74) is 0. The van der Waals surface area contributed by atoms with E-state index in [0.29, 0.717) is 12.6 Å². The highest BCUT2D eigenvalue weighted by molar-refractivity contribution is 5.80. The molecule has 1 aromatic heterocycles. The second-order valence-corrected chi connectivity index (χ2v) is 4.93. The SMILES string of the molecule is CC1NCCC1C(=O)N1CCn2ccnc2C1. The van der Waals surface area contributed by atoms with E-state index in [9.17, 15) is 4.79 Å². The van der Waals surface area contributed by atoms with Gasteiger partial charge in [0.15, 0.2) is 0 Å². The van der Waals surface area contributed by atoms with Gasteiger partial charge < -0.3 is 14.8 Å². The normalized spacial score (nSPS) is 28.2. The number of amides is 1. The molecule has 1 fully saturated rings. The third-order valence-electron chi connectivity index (χ3n) is 3.90. The maximum absolute atomic E-state index is 12.4. The van der Waals surface area contributed by atoms with Crippen molar-refractivity contribution < 1.29 is 4.79 Å². The number of hydrogen-bond acceptors (Lipinski definition) is 3. The Morgan fingerprint density at radius 3 is 3.18 bits per heavy atom. The summed E-state index contributed by atoms with van der Waals surface area (Å²) >= 11 is 0. The molecule has 0 saturated carbocycles. The fourth-order valence-electron chi connectivity index (χ4n) is 2.79. The van der Waals surface area contributed by atoms with Gasteiger partial charge in [-0.15, -0.1) is 0 Å². The highest BCUT2D eigenvalue weighted by Gasteiger charge is 2.33. The molecule has 1 saturated heterocycles. The monoisotopic (exact) mass is 234 g/mol. The van der Waals surface area contributed by atoms with Crippen molar-refractivity contribution in [1.29, 1.82) is 0 Å². The van der Waals surface area contributed by atoms with Crippen molar-refractivity contribution in [2.24, 2.45) is 5.92 Å². The highest BCUT2D eigenvalue weighted by atomic mass is 16.2. The Bertz CT molecular complexity index is 428. The average molecular weight is 234 g/mol. The summed E-state index contributed by atoms with van der Waals surface area (Å²) < 4.78 is 2.13. The number of imidazole rings is 1. The molecule has 2 atom stereocenters. The molecule has 0 spiro atoms. The van der Waals surface area contributed by atoms with E-state index in [1.807, 2.05) is 17.3 Å². The molecule has 2 aliphatic heterocycles. The number of hydrogen-bond donors (Lipinski definition) is 1. The second kappa shape index (κ2) is 4.14. The predicted octanol–water partition coefficient (Wildman–Crippen LogP) is 0.223. The van der Waals surface area contributed by atoms with Crippen LogP contribution in [0.1, 0.15) is 19.2 Å². The van der Waals surface area contributed by atoms with Gasteiger partial charge in [-0.05, 0) is 19.9 Å². The van der Waals surface area contributed by atoms with Gasteiger partial charge in [0.05, 0.1) is 12.5 Å². The molecule has 5 heteroatoms. The third-order valence-corrected chi connectivity index (χ3v) is 3.90. The van der Waals surface area contributed by atoms with Crippen LogP contribution >= 0.6 is 0 Å². The maximum atomic E-state index is 12.4. The third kappa shape index (κ3) is 1.84. The first-order chi connectivity index (χ1) is 8.25. The molecule has 5 nitrogen and oxygen atoms in total. The van der Waals surface area contributed by atoms with E-state index in [2.05, 4.69) is 21.8 Å². The van der Waals surface area contributed by atoms with Crippen molar-refractivity contribution in [3.63, 3.8) is 0 Å². The number of aromatic nitrogens is 2. The van der Waals surface area contributed by atoms with Gasteiger partial charge in [-0.2, -0.15) is 0 Å². The number of nitrogens with zero attached hydrogens (tertiary/aromatic N) is 3. The molecule has 2 unspecified atom stereocenters. The Labute approximate surface area is 101 Å². The zero-order valence-corrected chi connectivity index (χ0v) is 10.1. The van der Waals surface area contributed by atoms with Crippen molar-refractivity contribution in [2.75, 3.05) is 13.1 Å². The summed E-state index contributed by atoms with van der Waals surface area (Å²) in [5, 5.41) is 3.34. The lowest BCUT2D eigenvalue weighted by Crippen LogP contribution is -2.44. The minimum Gasteiger partial charge on any atom is -0.333 e. The molecule has 2 aliphatic rings. The summed E-state index contributed by atoms with van der Waals surface area (Å²) in [6.07, 6.45) is 4.75. The molecule has 0 aliphatic carbocycles. The summed E-state index contributed by atoms with van der Waals surface area (Å²) in [5.74, 6) is 1.44. The second-order valence-electron chi connectivity index (χ2n) is 4.93. The fraction of sp³-hybridized carbons (Fsp3) is 0.667. The Kier molecular flexibility index (Phi) is 2.63. The summed E-state index contributed by atoms with van der Waals surface area (Å²) in [6, 6.07) is 0.309. The van der Waals surface area contributed by atoms with Crippen LogP contribution in [0.5, 0.6) is 0 Å². The van der Waals surface area contributed by atoms with Gasteiger partial charge in [0.2, 0.25) is 5.91 Å². The molecular weight excluding hydrogens is 216 g/mol. The topological polar surface area (TPSA) is 50.2 Å². The Morgan fingerprint density at radius 2 is 2.41 bits per heavy atom. The molecule has 3 heterocycles. The van der Waals surface area contributed by atoms with E-state index in [1.54, 1.807) is 0 Å². The molecule has 1 amide bonds. The molecule has 0 aromatic carbocycles. The lowest BCUT2D eigenvalue weighted by atomic mass is 10.00. The standard InChI is InChI=1S/C12H18N4O/c1-9-10(2-3-13-9)12(17)16-7-6-15-5-4-14-11(15)8-16/h4-5,9-10,13H,2-3,6-8H2,1H3. The van der Waals surface area contributed by atoms with Crippen molar-refractivity contribution in [2.45, 2.75) is 32.5 Å². The first kappa shape index (κ1) is 10.8. The van der Waals surface area contributed by atoms with E-state index < -0.39 is 0 Å². The van der Waals surface area contributed by atoms with E-state index in [1.165, 1.54) is 0 Å². The lowest BCUT2D eigenvalue weighted by Gasteiger charge is -2.30. The van der Waals surface area contributed by atoms with Crippen LogP contribution in [0.2, 0.25) is 0 Å². The van der Waals surface area contributed by atoms with Crippen molar-refractivity contribution in [1.82, 2.24) is 19.8 Å². The highest BCUT2D eigenvalue weighted by Crippen LogP contribution is 2.20. The largest absolute Gasteiger partial charge is 0.333 e. The molecule has 1 aromatic rings. The van der Waals surface area contributed by atoms with Gasteiger partial charge in [-0.25, -0.2) is 4.98 Å². The smallest absolute Gasteiger partial charge is 0.227 e. The van der Waals surface area contributed by atoms with Crippen LogP contribution in [-0.4, -0.2) is 39.5 Å². The minimum atomic E-state index is 0.150. The quantitative estimate of drug-likeness (QED) is 0.756. The van der Waals surface area contributed by atoms with E-state index in [4.69, 9.17) is 0 Å². The van der Waals surface area contributed by atoms with Gasteiger partial charge in [0.25, 0.3) is 0 Å². The van der Waals surface area contributed by atoms with Crippen LogP contribution in [0.4, 0.5) is 0 Å². The van der Waals surface area contributed by atoms with Crippen molar-refractivity contribution in [3.8, 4) is 0 Å². The van der Waals surface area contributed by atoms with Gasteiger partial charge in [-0.3, -0.25) is 4.79 Å². The van der Waals surface area contributed by atoms with Crippen LogP contribution in [0.15, 0.2) is 12.4 Å². The maximum Gasteiger partial charge on any atom is 0.227 e. The van der Waals surface area contributed by atoms with E-state index in [0.717, 1.165) is 31.9 Å². The average Bonchev–Trinajstić information content (AvgIpc) is 2.95. The first-order valence-corrected chi connectivity index (χ1v) is 6.28. The molecule has 92 valence electrons. The molecule has 0 radical (unpaired) electrons. The molecule has 0 bridgehead atoms. The van der Waals surface area contributed by atoms with Crippen LogP contribution < -0.4 is 5.32 Å². The molecule has 3 rings (SSSR count). The summed E-state index contributed by atoms with van der Waals surface area (Å²) in [6.45, 7) is 5.40. The zero-order valence-electron chi connectivity index (χ0n) is 10.1. The first-order valence-electron chi connectivity index (χ1n) is 6.28. The minimum absolute atomic E-state index is 0.150. The molecule has 1 N–H and O–H groups in total. The van der Waals surface area contributed by atoms with Gasteiger partial charge in [0, 0.05) is 31.5 Å². The number of nitrogens with one attached hydrogen (secondary N) is 1. The van der Waals surface area contributed by atoms with Crippen molar-refractivity contribution >= 4 is 5.91 Å². The predicted molar refractivity (Wildman–Crippen MR) is 63.2 cm³/mol. The van der Waals surface area contributed by atoms with Crippen LogP contribution in [0.3, 0.4) is 0 Å². The number of rotatable bonds is 1. The Hall–Kier alpha value is -1.36. The fourth-order valence-corrected chi connectivity index (χ4v) is 2.79. The number of carbonyl (C=O) groups excluding carboxylic acids is 1. The zero-order chi connectivity index (χ0) is 11.8. The molecular formula is C12H18N4O. The van der Waals surface area contributed by atoms with Crippen LogP contribution in [0, 0.1) is 5.92 Å². The molecule has 17 heavy (non-hydrogen) atoms. The van der Waals surface area contributed by atoms with Crippen LogP contribution in [0.25, 0.3) is 0 Å². The number of carbonyl (C=O) groups is 1. The van der Waals surface area contributed by atoms with E-state index in [-0.39, 0.29) is 11.8 Å². The van der Waals surface area contributed by atoms with Crippen LogP contribution in [-0.2, 0) is 17.9 Å². The van der Waals surface area contributed by atoms with Gasteiger partial charge >= 0.3 is 0 Å². The number of fused-ring (bicyclic) bond motifs is 1. The summed E-state index contributed by atoms with van der Waals surface area (Å²) in [4.78, 5) is 18.6. The Balaban J connectivity index is 1.72. The van der Waals surface area contributed by atoms with Crippen molar-refractivity contribution in [3.05, 3.63) is 18.2 Å². The Morgan fingerprint density at radius 1 is 1.53 bits per heavy atom. The van der Waals surface area contributed by atoms with E-state index >= 15 is 0 Å². The van der Waals surface area contributed by atoms with Gasteiger partial charge in [-0.1, -0.05) is 0 Å². The van der Waals surface area contributed by atoms with Gasteiger partial charge in [0.1, 0.15) is 5.82 Å². The summed E-state index contributed by atoms with van der Waals surface area (Å²) in [7, 11) is 0.